The Balaban J connectivity index is 1.16. The van der Waals surface area contributed by atoms with Gasteiger partial charge in [-0.3, -0.25) is 9.58 Å². The normalized spacial score (nSPS) is 21.8. The maximum absolute atomic E-state index is 14.3. The summed E-state index contributed by atoms with van der Waals surface area (Å²) < 4.78 is 22.7. The van der Waals surface area contributed by atoms with Crippen LogP contribution in [0.5, 0.6) is 5.88 Å². The summed E-state index contributed by atoms with van der Waals surface area (Å²) in [5.41, 5.74) is 12.0. The van der Waals surface area contributed by atoms with Crippen LogP contribution in [0.2, 0.25) is 0 Å². The van der Waals surface area contributed by atoms with E-state index in [1.807, 2.05) is 43.8 Å². The van der Waals surface area contributed by atoms with Gasteiger partial charge in [-0.2, -0.15) is 15.5 Å². The van der Waals surface area contributed by atoms with Gasteiger partial charge in [0.15, 0.2) is 5.82 Å². The number of nitriles is 1. The van der Waals surface area contributed by atoms with E-state index in [-0.39, 0.29) is 18.0 Å². The largest absolute Gasteiger partial charge is 0.479 e. The van der Waals surface area contributed by atoms with Gasteiger partial charge in [-0.05, 0) is 36.8 Å². The van der Waals surface area contributed by atoms with Crippen molar-refractivity contribution in [2.75, 3.05) is 25.1 Å². The fourth-order valence-electron chi connectivity index (χ4n) is 6.46. The van der Waals surface area contributed by atoms with E-state index < -0.39 is 11.4 Å². The molecule has 0 spiro atoms. The number of nitrogens with zero attached hydrogens (tertiary/aromatic N) is 9. The number of fused-ring (bicyclic) bond motifs is 2. The van der Waals surface area contributed by atoms with Crippen molar-refractivity contribution >= 4 is 11.3 Å². The van der Waals surface area contributed by atoms with Crippen LogP contribution in [0.15, 0.2) is 61.4 Å². The molecule has 11 nitrogen and oxygen atoms in total. The van der Waals surface area contributed by atoms with Crippen molar-refractivity contribution < 1.29 is 9.13 Å². The van der Waals surface area contributed by atoms with Crippen LogP contribution in [-0.2, 0) is 13.6 Å². The number of hydrogen-bond acceptors (Lipinski definition) is 9. The van der Waals surface area contributed by atoms with Crippen LogP contribution < -0.4 is 15.4 Å². The van der Waals surface area contributed by atoms with Crippen LogP contribution in [0.3, 0.4) is 0 Å². The zero-order valence-corrected chi connectivity index (χ0v) is 23.4. The molecular formula is C30H29FN10O. The molecule has 2 fully saturated rings. The molecule has 2 aliphatic heterocycles. The number of ether oxygens (including phenoxy) is 1. The molecule has 3 atom stereocenters. The minimum Gasteiger partial charge on any atom is -0.479 e. The topological polar surface area (TPSA) is 126 Å². The minimum absolute atomic E-state index is 0.00679. The number of aromatic nitrogens is 6. The van der Waals surface area contributed by atoms with Gasteiger partial charge in [0.25, 0.3) is 0 Å². The highest BCUT2D eigenvalue weighted by atomic mass is 19.1. The SMILES string of the molecule is COc1ncc(CN2CC(C)(N)[C@H]3[C@@H]2CN3c2ccc(-c3cc(-c4cnn(C)c4)cn4ncc(C#N)c34)cn2)cc1F. The molecule has 12 heteroatoms. The molecule has 0 saturated carbocycles. The Morgan fingerprint density at radius 3 is 2.64 bits per heavy atom. The van der Waals surface area contributed by atoms with Gasteiger partial charge in [0.05, 0.1) is 36.6 Å². The highest BCUT2D eigenvalue weighted by Gasteiger charge is 2.57. The van der Waals surface area contributed by atoms with E-state index in [2.05, 4.69) is 38.0 Å². The van der Waals surface area contributed by atoms with E-state index in [0.717, 1.165) is 45.7 Å². The average molecular weight is 565 g/mol. The summed E-state index contributed by atoms with van der Waals surface area (Å²) >= 11 is 0. The van der Waals surface area contributed by atoms with Crippen molar-refractivity contribution in [3.63, 3.8) is 0 Å². The third-order valence-electron chi connectivity index (χ3n) is 8.34. The standard InChI is InChI=1S/C30H29FN10O/c1-30(33)17-39(13-18-6-24(31)29(42-3)35-9-18)25-16-40(28(25)30)26-5-4-19(10-34-26)23-7-20(22-12-36-38(2)14-22)15-41-27(23)21(8-32)11-37-41/h4-7,9-12,14-15,25,28H,13,16-17,33H2,1-3H3/t25-,28+,30?/m0/s1. The second kappa shape index (κ2) is 9.61. The first-order valence-electron chi connectivity index (χ1n) is 13.6. The van der Waals surface area contributed by atoms with E-state index in [1.54, 1.807) is 27.8 Å². The Labute approximate surface area is 241 Å². The molecule has 0 bridgehead atoms. The maximum atomic E-state index is 14.3. The summed E-state index contributed by atoms with van der Waals surface area (Å²) in [6.45, 7) is 4.04. The van der Waals surface area contributed by atoms with Crippen LogP contribution >= 0.6 is 0 Å². The number of likely N-dealkylation sites (tertiary alicyclic amines) is 1. The fraction of sp³-hybridized carbons (Fsp3) is 0.300. The summed E-state index contributed by atoms with van der Waals surface area (Å²) in [7, 11) is 3.28. The number of methoxy groups -OCH3 is 1. The molecule has 0 radical (unpaired) electrons. The van der Waals surface area contributed by atoms with Crippen molar-refractivity contribution in [3.8, 4) is 34.2 Å². The van der Waals surface area contributed by atoms with Crippen LogP contribution in [0, 0.1) is 17.1 Å². The summed E-state index contributed by atoms with van der Waals surface area (Å²) in [5.74, 6) is 0.360. The summed E-state index contributed by atoms with van der Waals surface area (Å²) in [4.78, 5) is 13.5. The first-order valence-corrected chi connectivity index (χ1v) is 13.6. The van der Waals surface area contributed by atoms with E-state index in [1.165, 1.54) is 13.2 Å². The number of rotatable bonds is 6. The van der Waals surface area contributed by atoms with Gasteiger partial charge in [-0.25, -0.2) is 18.9 Å². The van der Waals surface area contributed by atoms with Crippen molar-refractivity contribution in [3.05, 3.63) is 78.4 Å². The molecule has 42 heavy (non-hydrogen) atoms. The first-order chi connectivity index (χ1) is 20.3. The fourth-order valence-corrected chi connectivity index (χ4v) is 6.46. The van der Waals surface area contributed by atoms with E-state index in [9.17, 15) is 9.65 Å². The Kier molecular flexibility index (Phi) is 5.96. The summed E-state index contributed by atoms with van der Waals surface area (Å²) in [6, 6.07) is 10.1. The molecule has 7 rings (SSSR count). The lowest BCUT2D eigenvalue weighted by Gasteiger charge is -2.51. The predicted molar refractivity (Wildman–Crippen MR) is 154 cm³/mol. The first kappa shape index (κ1) is 26.1. The third-order valence-corrected chi connectivity index (χ3v) is 8.34. The predicted octanol–water partition coefficient (Wildman–Crippen LogP) is 3.00. The van der Waals surface area contributed by atoms with Crippen LogP contribution in [0.1, 0.15) is 18.1 Å². The maximum Gasteiger partial charge on any atom is 0.250 e. The number of hydrogen-bond donors (Lipinski definition) is 1. The molecule has 212 valence electrons. The van der Waals surface area contributed by atoms with Gasteiger partial charge in [0.1, 0.15) is 11.9 Å². The van der Waals surface area contributed by atoms with E-state index >= 15 is 0 Å². The number of nitrogens with two attached hydrogens (primary N) is 1. The van der Waals surface area contributed by atoms with Gasteiger partial charge in [-0.1, -0.05) is 0 Å². The lowest BCUT2D eigenvalue weighted by Crippen LogP contribution is -2.69. The molecule has 0 amide bonds. The third kappa shape index (κ3) is 4.17. The van der Waals surface area contributed by atoms with Crippen LogP contribution in [0.4, 0.5) is 10.2 Å². The zero-order chi connectivity index (χ0) is 29.2. The van der Waals surface area contributed by atoms with Gasteiger partial charge in [0, 0.05) is 85.3 Å². The molecule has 5 aromatic heterocycles. The number of anilines is 1. The quantitative estimate of drug-likeness (QED) is 0.331. The van der Waals surface area contributed by atoms with Crippen molar-refractivity contribution in [1.82, 2.24) is 34.3 Å². The average Bonchev–Trinajstić information content (AvgIpc) is 3.62. The van der Waals surface area contributed by atoms with Crippen molar-refractivity contribution in [2.24, 2.45) is 12.8 Å². The summed E-state index contributed by atoms with van der Waals surface area (Å²) in [5, 5.41) is 18.5. The zero-order valence-electron chi connectivity index (χ0n) is 23.4. The monoisotopic (exact) mass is 564 g/mol. The molecular weight excluding hydrogens is 535 g/mol. The lowest BCUT2D eigenvalue weighted by molar-refractivity contribution is 0.192. The lowest BCUT2D eigenvalue weighted by atomic mass is 9.85. The minimum atomic E-state index is -0.481. The summed E-state index contributed by atoms with van der Waals surface area (Å²) in [6.07, 6.45) is 10.7. The smallest absolute Gasteiger partial charge is 0.250 e. The number of halogens is 1. The van der Waals surface area contributed by atoms with Gasteiger partial charge >= 0.3 is 0 Å². The van der Waals surface area contributed by atoms with Crippen LogP contribution in [0.25, 0.3) is 27.8 Å². The van der Waals surface area contributed by atoms with Gasteiger partial charge in [0.2, 0.25) is 5.88 Å². The Morgan fingerprint density at radius 2 is 1.95 bits per heavy atom. The molecule has 0 aliphatic carbocycles. The van der Waals surface area contributed by atoms with Crippen molar-refractivity contribution in [1.29, 1.82) is 5.26 Å². The Bertz CT molecular complexity index is 1850. The molecule has 2 N–H and O–H groups in total. The molecule has 5 aromatic rings. The number of pyridine rings is 3. The van der Waals surface area contributed by atoms with Gasteiger partial charge in [-0.15, -0.1) is 0 Å². The molecule has 1 unspecified atom stereocenters. The molecule has 0 aromatic carbocycles. The molecule has 2 aliphatic rings. The van der Waals surface area contributed by atoms with E-state index in [4.69, 9.17) is 15.5 Å². The van der Waals surface area contributed by atoms with Crippen LogP contribution in [-0.4, -0.2) is 72.1 Å². The molecule has 7 heterocycles. The highest BCUT2D eigenvalue weighted by molar-refractivity contribution is 5.87. The van der Waals surface area contributed by atoms with Gasteiger partial charge < -0.3 is 15.4 Å². The van der Waals surface area contributed by atoms with E-state index in [0.29, 0.717) is 18.7 Å². The van der Waals surface area contributed by atoms with Crippen molar-refractivity contribution in [2.45, 2.75) is 31.1 Å². The molecule has 2 saturated heterocycles. The second-order valence-electron chi connectivity index (χ2n) is 11.3. The number of aryl methyl sites for hydroxylation is 1. The highest BCUT2D eigenvalue weighted by Crippen LogP contribution is 2.41. The Hall–Kier alpha value is -4.86. The second-order valence-corrected chi connectivity index (χ2v) is 11.3. The Morgan fingerprint density at radius 1 is 1.10 bits per heavy atom.